The lowest BCUT2D eigenvalue weighted by Crippen LogP contribution is -2.44. The number of para-hydroxylation sites is 2. The fourth-order valence-corrected chi connectivity index (χ4v) is 3.81. The monoisotopic (exact) mass is 340 g/mol. The molecule has 0 amide bonds. The Labute approximate surface area is 123 Å². The molecule has 3 rings (SSSR count). The summed E-state index contributed by atoms with van der Waals surface area (Å²) in [5.41, 5.74) is 2.82. The van der Waals surface area contributed by atoms with Gasteiger partial charge >= 0.3 is 0 Å². The molecule has 0 fully saturated rings. The van der Waals surface area contributed by atoms with Crippen LogP contribution in [-0.4, -0.2) is 12.7 Å². The average Bonchev–Trinajstić information content (AvgIpc) is 2.86. The van der Waals surface area contributed by atoms with Crippen molar-refractivity contribution in [1.82, 2.24) is 5.43 Å². The standard InChI is InChI=1S/C13H13BrN2O2S/c14-8-5-6-19-13(8)12(16-15)11-7-17-9-3-1-2-4-10(9)18-11/h1-6,11-12,16H,7,15H2. The zero-order valence-electron chi connectivity index (χ0n) is 10.0. The molecule has 2 aromatic rings. The van der Waals surface area contributed by atoms with Crippen LogP contribution in [0.25, 0.3) is 0 Å². The summed E-state index contributed by atoms with van der Waals surface area (Å²) in [5, 5.41) is 2.02. The minimum atomic E-state index is -0.158. The lowest BCUT2D eigenvalue weighted by molar-refractivity contribution is 0.0625. The highest BCUT2D eigenvalue weighted by molar-refractivity contribution is 9.10. The van der Waals surface area contributed by atoms with Crippen molar-refractivity contribution in [3.63, 3.8) is 0 Å². The third kappa shape index (κ3) is 2.49. The number of fused-ring (bicyclic) bond motifs is 1. The van der Waals surface area contributed by atoms with Crippen LogP contribution in [0.3, 0.4) is 0 Å². The topological polar surface area (TPSA) is 56.5 Å². The third-order valence-electron chi connectivity index (χ3n) is 3.01. The maximum Gasteiger partial charge on any atom is 0.161 e. The second-order valence-corrected chi connectivity index (χ2v) is 5.99. The van der Waals surface area contributed by atoms with E-state index in [9.17, 15) is 0 Å². The van der Waals surface area contributed by atoms with E-state index in [1.807, 2.05) is 35.7 Å². The molecule has 0 aliphatic carbocycles. The van der Waals surface area contributed by atoms with Crippen LogP contribution in [0, 0.1) is 0 Å². The van der Waals surface area contributed by atoms with E-state index in [0.717, 1.165) is 20.8 Å². The number of hydrogen-bond donors (Lipinski definition) is 2. The second-order valence-electron chi connectivity index (χ2n) is 4.19. The molecule has 2 heterocycles. The van der Waals surface area contributed by atoms with Gasteiger partial charge in [0.15, 0.2) is 17.6 Å². The molecule has 0 radical (unpaired) electrons. The van der Waals surface area contributed by atoms with Gasteiger partial charge in [-0.2, -0.15) is 0 Å². The van der Waals surface area contributed by atoms with Gasteiger partial charge in [-0.25, -0.2) is 5.43 Å². The first kappa shape index (κ1) is 12.9. The molecule has 19 heavy (non-hydrogen) atoms. The highest BCUT2D eigenvalue weighted by Gasteiger charge is 2.31. The smallest absolute Gasteiger partial charge is 0.161 e. The summed E-state index contributed by atoms with van der Waals surface area (Å²) in [6.45, 7) is 0.468. The Morgan fingerprint density at radius 1 is 1.32 bits per heavy atom. The van der Waals surface area contributed by atoms with Gasteiger partial charge in [0.2, 0.25) is 0 Å². The maximum absolute atomic E-state index is 5.98. The molecule has 1 aliphatic heterocycles. The number of rotatable bonds is 3. The van der Waals surface area contributed by atoms with E-state index in [4.69, 9.17) is 15.3 Å². The van der Waals surface area contributed by atoms with Crippen molar-refractivity contribution in [3.8, 4) is 11.5 Å². The Morgan fingerprint density at radius 3 is 2.79 bits per heavy atom. The zero-order valence-corrected chi connectivity index (χ0v) is 12.4. The van der Waals surface area contributed by atoms with Crippen molar-refractivity contribution in [3.05, 3.63) is 45.1 Å². The molecule has 1 aromatic carbocycles. The number of halogens is 1. The van der Waals surface area contributed by atoms with Gasteiger partial charge in [0.05, 0.1) is 6.04 Å². The largest absolute Gasteiger partial charge is 0.486 e. The number of nitrogens with two attached hydrogens (primary N) is 1. The molecule has 2 atom stereocenters. The average molecular weight is 341 g/mol. The Kier molecular flexibility index (Phi) is 3.74. The number of hydrogen-bond acceptors (Lipinski definition) is 5. The fourth-order valence-electron chi connectivity index (χ4n) is 2.08. The number of hydrazine groups is 1. The molecular formula is C13H13BrN2O2S. The van der Waals surface area contributed by atoms with Crippen molar-refractivity contribution in [2.24, 2.45) is 5.84 Å². The Bertz CT molecular complexity index is 575. The molecule has 0 spiro atoms. The predicted octanol–water partition coefficient (Wildman–Crippen LogP) is 2.86. The van der Waals surface area contributed by atoms with Crippen LogP contribution in [0.1, 0.15) is 10.9 Å². The lowest BCUT2D eigenvalue weighted by Gasteiger charge is -2.31. The number of ether oxygens (including phenoxy) is 2. The Hall–Kier alpha value is -1.08. The van der Waals surface area contributed by atoms with E-state index in [-0.39, 0.29) is 12.1 Å². The molecule has 3 N–H and O–H groups in total. The van der Waals surface area contributed by atoms with Crippen LogP contribution in [-0.2, 0) is 0 Å². The predicted molar refractivity (Wildman–Crippen MR) is 78.4 cm³/mol. The first-order valence-electron chi connectivity index (χ1n) is 5.87. The van der Waals surface area contributed by atoms with Crippen molar-refractivity contribution < 1.29 is 9.47 Å². The molecular weight excluding hydrogens is 328 g/mol. The molecule has 2 unspecified atom stereocenters. The summed E-state index contributed by atoms with van der Waals surface area (Å²) >= 11 is 5.16. The van der Waals surface area contributed by atoms with Crippen molar-refractivity contribution >= 4 is 27.3 Å². The molecule has 0 saturated carbocycles. The normalized spacial score (nSPS) is 19.2. The third-order valence-corrected chi connectivity index (χ3v) is 4.96. The highest BCUT2D eigenvalue weighted by atomic mass is 79.9. The van der Waals surface area contributed by atoms with Crippen LogP contribution in [0.15, 0.2) is 40.2 Å². The SMILES string of the molecule is NNC(c1sccc1Br)C1COc2ccccc2O1. The summed E-state index contributed by atoms with van der Waals surface area (Å²) in [7, 11) is 0. The highest BCUT2D eigenvalue weighted by Crippen LogP contribution is 2.37. The van der Waals surface area contributed by atoms with Crippen LogP contribution >= 0.6 is 27.3 Å². The summed E-state index contributed by atoms with van der Waals surface area (Å²) < 4.78 is 12.7. The molecule has 0 bridgehead atoms. The van der Waals surface area contributed by atoms with Gasteiger partial charge in [0, 0.05) is 9.35 Å². The van der Waals surface area contributed by atoms with Gasteiger partial charge in [-0.1, -0.05) is 12.1 Å². The first-order chi connectivity index (χ1) is 9.29. The minimum absolute atomic E-state index is 0.109. The Balaban J connectivity index is 1.85. The van der Waals surface area contributed by atoms with Gasteiger partial charge in [-0.3, -0.25) is 5.84 Å². The number of nitrogens with one attached hydrogen (secondary N) is 1. The minimum Gasteiger partial charge on any atom is -0.486 e. The van der Waals surface area contributed by atoms with Crippen molar-refractivity contribution in [2.45, 2.75) is 12.1 Å². The van der Waals surface area contributed by atoms with E-state index in [0.29, 0.717) is 6.61 Å². The first-order valence-corrected chi connectivity index (χ1v) is 7.54. The molecule has 4 nitrogen and oxygen atoms in total. The summed E-state index contributed by atoms with van der Waals surface area (Å²) in [6.07, 6.45) is -0.158. The van der Waals surface area contributed by atoms with Crippen LogP contribution in [0.2, 0.25) is 0 Å². The van der Waals surface area contributed by atoms with E-state index >= 15 is 0 Å². The Morgan fingerprint density at radius 2 is 2.11 bits per heavy atom. The van der Waals surface area contributed by atoms with Crippen LogP contribution in [0.5, 0.6) is 11.5 Å². The van der Waals surface area contributed by atoms with Crippen molar-refractivity contribution in [1.29, 1.82) is 0 Å². The van der Waals surface area contributed by atoms with Gasteiger partial charge < -0.3 is 9.47 Å². The molecule has 1 aliphatic rings. The maximum atomic E-state index is 5.98. The summed E-state index contributed by atoms with van der Waals surface area (Å²) in [6, 6.07) is 9.55. The molecule has 100 valence electrons. The fraction of sp³-hybridized carbons (Fsp3) is 0.231. The van der Waals surface area contributed by atoms with Gasteiger partial charge in [-0.05, 0) is 39.5 Å². The van der Waals surface area contributed by atoms with Gasteiger partial charge in [0.25, 0.3) is 0 Å². The van der Waals surface area contributed by atoms with E-state index in [2.05, 4.69) is 21.4 Å². The number of benzene rings is 1. The van der Waals surface area contributed by atoms with E-state index in [1.165, 1.54) is 0 Å². The molecule has 6 heteroatoms. The van der Waals surface area contributed by atoms with E-state index < -0.39 is 0 Å². The van der Waals surface area contributed by atoms with Crippen LogP contribution in [0.4, 0.5) is 0 Å². The summed E-state index contributed by atoms with van der Waals surface area (Å²) in [4.78, 5) is 1.11. The van der Waals surface area contributed by atoms with Crippen LogP contribution < -0.4 is 20.7 Å². The van der Waals surface area contributed by atoms with Gasteiger partial charge in [0.1, 0.15) is 6.61 Å². The quantitative estimate of drug-likeness (QED) is 0.666. The van der Waals surface area contributed by atoms with Crippen molar-refractivity contribution in [2.75, 3.05) is 6.61 Å². The van der Waals surface area contributed by atoms with Gasteiger partial charge in [-0.15, -0.1) is 11.3 Å². The molecule has 0 saturated heterocycles. The lowest BCUT2D eigenvalue weighted by atomic mass is 10.1. The van der Waals surface area contributed by atoms with E-state index in [1.54, 1.807) is 11.3 Å². The second kappa shape index (κ2) is 5.50. The zero-order chi connectivity index (χ0) is 13.2. The summed E-state index contributed by atoms with van der Waals surface area (Å²) in [5.74, 6) is 7.22. The number of thiophene rings is 1. The molecule has 1 aromatic heterocycles.